The average Bonchev–Trinajstić information content (AvgIpc) is 2.21. The summed E-state index contributed by atoms with van der Waals surface area (Å²) in [5.74, 6) is 0.0304. The van der Waals surface area contributed by atoms with Gasteiger partial charge in [-0.1, -0.05) is 13.8 Å². The summed E-state index contributed by atoms with van der Waals surface area (Å²) in [5, 5.41) is 11.2. The molecule has 0 aromatic heterocycles. The number of nitrogens with one attached hydrogen (secondary N) is 1. The van der Waals surface area contributed by atoms with Gasteiger partial charge in [0.2, 0.25) is 5.91 Å². The second-order valence-electron chi connectivity index (χ2n) is 3.75. The lowest BCUT2D eigenvalue weighted by molar-refractivity contribution is -0.123. The summed E-state index contributed by atoms with van der Waals surface area (Å²) in [4.78, 5) is 11.4. The third-order valence-corrected chi connectivity index (χ3v) is 2.02. The van der Waals surface area contributed by atoms with E-state index in [0.29, 0.717) is 19.8 Å². The van der Waals surface area contributed by atoms with E-state index in [2.05, 4.69) is 5.32 Å². The first-order chi connectivity index (χ1) is 7.09. The van der Waals surface area contributed by atoms with Crippen LogP contribution in [0.15, 0.2) is 0 Å². The molecule has 1 amide bonds. The predicted octanol–water partition coefficient (Wildman–Crippen LogP) is -0.515. The molecule has 0 saturated heterocycles. The average molecular weight is 218 g/mol. The second kappa shape index (κ2) is 8.64. The van der Waals surface area contributed by atoms with E-state index in [1.807, 2.05) is 13.8 Å². The quantitative estimate of drug-likeness (QED) is 0.479. The molecule has 0 aliphatic rings. The molecule has 0 fully saturated rings. The molecule has 0 aliphatic heterocycles. The fourth-order valence-corrected chi connectivity index (χ4v) is 0.973. The highest BCUT2D eigenvalue weighted by atomic mass is 16.5. The molecule has 1 unspecified atom stereocenters. The van der Waals surface area contributed by atoms with E-state index >= 15 is 0 Å². The van der Waals surface area contributed by atoms with Crippen molar-refractivity contribution in [2.75, 3.05) is 26.4 Å². The monoisotopic (exact) mass is 218 g/mol. The van der Waals surface area contributed by atoms with Crippen LogP contribution in [0.3, 0.4) is 0 Å². The Labute approximate surface area is 91.0 Å². The minimum atomic E-state index is -0.441. The maximum atomic E-state index is 11.4. The van der Waals surface area contributed by atoms with Crippen molar-refractivity contribution in [3.63, 3.8) is 0 Å². The lowest BCUT2D eigenvalue weighted by Gasteiger charge is -2.15. The Morgan fingerprint density at radius 2 is 2.13 bits per heavy atom. The van der Waals surface area contributed by atoms with Crippen LogP contribution in [0.2, 0.25) is 0 Å². The number of amides is 1. The van der Waals surface area contributed by atoms with Gasteiger partial charge in [-0.3, -0.25) is 4.79 Å². The molecule has 0 saturated carbocycles. The molecule has 0 heterocycles. The normalized spacial score (nSPS) is 12.9. The van der Waals surface area contributed by atoms with Crippen molar-refractivity contribution >= 4 is 5.91 Å². The highest BCUT2D eigenvalue weighted by molar-refractivity contribution is 5.81. The van der Waals surface area contributed by atoms with Crippen LogP contribution < -0.4 is 11.1 Å². The third-order valence-electron chi connectivity index (χ3n) is 2.02. The van der Waals surface area contributed by atoms with Gasteiger partial charge < -0.3 is 20.9 Å². The van der Waals surface area contributed by atoms with Crippen molar-refractivity contribution in [2.24, 2.45) is 11.7 Å². The summed E-state index contributed by atoms with van der Waals surface area (Å²) in [5.41, 5.74) is 5.65. The van der Waals surface area contributed by atoms with Crippen LogP contribution in [0.5, 0.6) is 0 Å². The van der Waals surface area contributed by atoms with Gasteiger partial charge in [0.1, 0.15) is 0 Å². The van der Waals surface area contributed by atoms with E-state index < -0.39 is 6.04 Å². The largest absolute Gasteiger partial charge is 0.394 e. The van der Waals surface area contributed by atoms with Gasteiger partial charge in [0.25, 0.3) is 0 Å². The van der Waals surface area contributed by atoms with Crippen molar-refractivity contribution in [1.29, 1.82) is 0 Å². The summed E-state index contributed by atoms with van der Waals surface area (Å²) >= 11 is 0. The minimum Gasteiger partial charge on any atom is -0.394 e. The van der Waals surface area contributed by atoms with Crippen LogP contribution in [0, 0.1) is 5.92 Å². The third kappa shape index (κ3) is 7.30. The number of hydrogen-bond acceptors (Lipinski definition) is 4. The molecule has 4 N–H and O–H groups in total. The molecule has 0 rings (SSSR count). The maximum Gasteiger partial charge on any atom is 0.237 e. The molecule has 1 atom stereocenters. The zero-order valence-electron chi connectivity index (χ0n) is 9.53. The molecule has 0 aromatic carbocycles. The number of aliphatic hydroxyl groups excluding tert-OH is 1. The number of rotatable bonds is 8. The van der Waals surface area contributed by atoms with Gasteiger partial charge in [-0.2, -0.15) is 0 Å². The molecule has 90 valence electrons. The maximum absolute atomic E-state index is 11.4. The van der Waals surface area contributed by atoms with Crippen molar-refractivity contribution in [3.8, 4) is 0 Å². The summed E-state index contributed by atoms with van der Waals surface area (Å²) in [6.45, 7) is 5.30. The van der Waals surface area contributed by atoms with Gasteiger partial charge in [-0.05, 0) is 12.3 Å². The molecule has 0 aromatic rings. The topological polar surface area (TPSA) is 84.6 Å². The lowest BCUT2D eigenvalue weighted by Crippen LogP contribution is -2.44. The Morgan fingerprint density at radius 1 is 1.47 bits per heavy atom. The van der Waals surface area contributed by atoms with Gasteiger partial charge >= 0.3 is 0 Å². The van der Waals surface area contributed by atoms with Crippen LogP contribution in [-0.2, 0) is 9.53 Å². The molecular weight excluding hydrogens is 196 g/mol. The Hall–Kier alpha value is -0.650. The number of nitrogens with two attached hydrogens (primary N) is 1. The summed E-state index contributed by atoms with van der Waals surface area (Å²) in [6, 6.07) is -0.441. The van der Waals surface area contributed by atoms with Gasteiger partial charge in [0.15, 0.2) is 0 Å². The van der Waals surface area contributed by atoms with Crippen LogP contribution in [0.4, 0.5) is 0 Å². The molecular formula is C10H22N2O3. The Balaban J connectivity index is 3.39. The first-order valence-electron chi connectivity index (χ1n) is 5.31. The Kier molecular flexibility index (Phi) is 8.27. The van der Waals surface area contributed by atoms with Crippen LogP contribution in [0.25, 0.3) is 0 Å². The van der Waals surface area contributed by atoms with E-state index in [-0.39, 0.29) is 18.4 Å². The molecule has 0 radical (unpaired) electrons. The standard InChI is InChI=1S/C10H22N2O3/c1-8(2)9(11)10(14)12-4-3-6-15-7-5-13/h8-9,13H,3-7,11H2,1-2H3,(H,12,14). The SMILES string of the molecule is CC(C)C(N)C(=O)NCCCOCCO. The highest BCUT2D eigenvalue weighted by Gasteiger charge is 2.15. The van der Waals surface area contributed by atoms with Crippen LogP contribution >= 0.6 is 0 Å². The first kappa shape index (κ1) is 14.3. The Morgan fingerprint density at radius 3 is 2.67 bits per heavy atom. The van der Waals surface area contributed by atoms with Crippen molar-refractivity contribution in [2.45, 2.75) is 26.3 Å². The minimum absolute atomic E-state index is 0.0323. The van der Waals surface area contributed by atoms with E-state index in [1.54, 1.807) is 0 Å². The van der Waals surface area contributed by atoms with Gasteiger partial charge in [-0.15, -0.1) is 0 Å². The fraction of sp³-hybridized carbons (Fsp3) is 0.900. The van der Waals surface area contributed by atoms with Crippen molar-refractivity contribution < 1.29 is 14.6 Å². The predicted molar refractivity (Wildman–Crippen MR) is 58.3 cm³/mol. The summed E-state index contributed by atoms with van der Waals surface area (Å²) in [6.07, 6.45) is 0.733. The number of aliphatic hydroxyl groups is 1. The smallest absolute Gasteiger partial charge is 0.237 e. The lowest BCUT2D eigenvalue weighted by atomic mass is 10.1. The van der Waals surface area contributed by atoms with Gasteiger partial charge in [-0.25, -0.2) is 0 Å². The van der Waals surface area contributed by atoms with E-state index in [1.165, 1.54) is 0 Å². The van der Waals surface area contributed by atoms with Crippen molar-refractivity contribution in [3.05, 3.63) is 0 Å². The number of carbonyl (C=O) groups excluding carboxylic acids is 1. The van der Waals surface area contributed by atoms with Crippen molar-refractivity contribution in [1.82, 2.24) is 5.32 Å². The van der Waals surface area contributed by atoms with Gasteiger partial charge in [0.05, 0.1) is 19.3 Å². The van der Waals surface area contributed by atoms with E-state index in [0.717, 1.165) is 6.42 Å². The number of ether oxygens (including phenoxy) is 1. The molecule has 5 nitrogen and oxygen atoms in total. The first-order valence-corrected chi connectivity index (χ1v) is 5.31. The zero-order valence-corrected chi connectivity index (χ0v) is 9.53. The number of hydrogen-bond donors (Lipinski definition) is 3. The molecule has 15 heavy (non-hydrogen) atoms. The highest BCUT2D eigenvalue weighted by Crippen LogP contribution is 1.97. The summed E-state index contributed by atoms with van der Waals surface area (Å²) in [7, 11) is 0. The molecule has 0 aliphatic carbocycles. The summed E-state index contributed by atoms with van der Waals surface area (Å²) < 4.78 is 5.04. The molecule has 0 spiro atoms. The van der Waals surface area contributed by atoms with E-state index in [4.69, 9.17) is 15.6 Å². The Bertz CT molecular complexity index is 174. The fourth-order valence-electron chi connectivity index (χ4n) is 0.973. The second-order valence-corrected chi connectivity index (χ2v) is 3.75. The van der Waals surface area contributed by atoms with Crippen LogP contribution in [0.1, 0.15) is 20.3 Å². The zero-order chi connectivity index (χ0) is 11.7. The van der Waals surface area contributed by atoms with E-state index in [9.17, 15) is 4.79 Å². The van der Waals surface area contributed by atoms with Gasteiger partial charge in [0, 0.05) is 13.2 Å². The molecule has 0 bridgehead atoms. The molecule has 5 heteroatoms. The van der Waals surface area contributed by atoms with Crippen LogP contribution in [-0.4, -0.2) is 43.4 Å². The number of carbonyl (C=O) groups is 1.